The second-order valence-electron chi connectivity index (χ2n) is 2.99. The highest BCUT2D eigenvalue weighted by Gasteiger charge is 1.94. The van der Waals surface area contributed by atoms with E-state index in [9.17, 15) is 0 Å². The van der Waals surface area contributed by atoms with Gasteiger partial charge in [0.15, 0.2) is 0 Å². The Morgan fingerprint density at radius 2 is 2.00 bits per heavy atom. The van der Waals surface area contributed by atoms with E-state index >= 15 is 0 Å². The van der Waals surface area contributed by atoms with Crippen molar-refractivity contribution >= 4 is 0 Å². The van der Waals surface area contributed by atoms with Gasteiger partial charge in [0.25, 0.3) is 0 Å². The summed E-state index contributed by atoms with van der Waals surface area (Å²) in [6, 6.07) is 8.52. The smallest absolute Gasteiger partial charge is 0.0991 e. The van der Waals surface area contributed by atoms with Crippen LogP contribution in [0.2, 0.25) is 0 Å². The first-order valence-electron chi connectivity index (χ1n) is 4.47. The van der Waals surface area contributed by atoms with Gasteiger partial charge in [0, 0.05) is 18.1 Å². The minimum atomic E-state index is 1.09. The van der Waals surface area contributed by atoms with Gasteiger partial charge in [0.2, 0.25) is 0 Å². The maximum atomic E-state index is 4.00. The molecule has 0 aliphatic rings. The number of nitrogens with zero attached hydrogens (tertiary/aromatic N) is 2. The Bertz CT molecular complexity index is 359. The molecule has 0 unspecified atom stereocenters. The van der Waals surface area contributed by atoms with Crippen LogP contribution >= 0.6 is 0 Å². The standard InChI is InChI=1S/C11H12N2/c1-2-10-3-5-11(6-4-10)13-8-7-12-9-13/h3-9H,2H2,1H3. The van der Waals surface area contributed by atoms with Gasteiger partial charge in [0.05, 0.1) is 6.33 Å². The Labute approximate surface area is 77.9 Å². The molecule has 2 heteroatoms. The van der Waals surface area contributed by atoms with Crippen LogP contribution in [0, 0.1) is 0 Å². The molecule has 1 heterocycles. The fraction of sp³-hybridized carbons (Fsp3) is 0.182. The van der Waals surface area contributed by atoms with Crippen LogP contribution in [0.4, 0.5) is 0 Å². The van der Waals surface area contributed by atoms with Crippen molar-refractivity contribution in [3.63, 3.8) is 0 Å². The van der Waals surface area contributed by atoms with Crippen molar-refractivity contribution in [1.29, 1.82) is 0 Å². The number of rotatable bonds is 2. The van der Waals surface area contributed by atoms with Crippen molar-refractivity contribution < 1.29 is 0 Å². The number of aromatic nitrogens is 2. The summed E-state index contributed by atoms with van der Waals surface area (Å²) in [4.78, 5) is 4.00. The maximum absolute atomic E-state index is 4.00. The molecule has 0 N–H and O–H groups in total. The first-order chi connectivity index (χ1) is 6.40. The highest BCUT2D eigenvalue weighted by Crippen LogP contribution is 2.09. The van der Waals surface area contributed by atoms with Crippen LogP contribution < -0.4 is 0 Å². The van der Waals surface area contributed by atoms with Crippen LogP contribution in [-0.2, 0) is 6.42 Å². The molecule has 2 nitrogen and oxygen atoms in total. The van der Waals surface area contributed by atoms with Gasteiger partial charge in [-0.15, -0.1) is 0 Å². The molecule has 0 radical (unpaired) electrons. The van der Waals surface area contributed by atoms with Gasteiger partial charge in [-0.3, -0.25) is 0 Å². The van der Waals surface area contributed by atoms with Crippen LogP contribution in [0.25, 0.3) is 5.69 Å². The summed E-state index contributed by atoms with van der Waals surface area (Å²) in [5, 5.41) is 0. The Morgan fingerprint density at radius 1 is 1.23 bits per heavy atom. The van der Waals surface area contributed by atoms with Crippen LogP contribution in [0.3, 0.4) is 0 Å². The second-order valence-corrected chi connectivity index (χ2v) is 2.99. The SMILES string of the molecule is CCc1ccc(-n2ccnc2)cc1. The van der Waals surface area contributed by atoms with Gasteiger partial charge < -0.3 is 4.57 Å². The van der Waals surface area contributed by atoms with E-state index in [1.54, 1.807) is 12.5 Å². The zero-order valence-corrected chi connectivity index (χ0v) is 7.64. The van der Waals surface area contributed by atoms with E-state index in [-0.39, 0.29) is 0 Å². The van der Waals surface area contributed by atoms with Crippen molar-refractivity contribution in [3.05, 3.63) is 48.5 Å². The molecule has 0 aliphatic carbocycles. The summed E-state index contributed by atoms with van der Waals surface area (Å²) in [5.41, 5.74) is 2.53. The van der Waals surface area contributed by atoms with Crippen molar-refractivity contribution in [3.8, 4) is 5.69 Å². The van der Waals surface area contributed by atoms with Crippen LogP contribution in [0.15, 0.2) is 43.0 Å². The first kappa shape index (κ1) is 8.05. The van der Waals surface area contributed by atoms with Gasteiger partial charge >= 0.3 is 0 Å². The topological polar surface area (TPSA) is 17.8 Å². The van der Waals surface area contributed by atoms with Crippen LogP contribution in [-0.4, -0.2) is 9.55 Å². The van der Waals surface area contributed by atoms with Crippen molar-refractivity contribution in [2.45, 2.75) is 13.3 Å². The molecular weight excluding hydrogens is 160 g/mol. The van der Waals surface area contributed by atoms with Gasteiger partial charge in [0.1, 0.15) is 0 Å². The fourth-order valence-corrected chi connectivity index (χ4v) is 1.32. The van der Waals surface area contributed by atoms with Gasteiger partial charge in [-0.2, -0.15) is 0 Å². The maximum Gasteiger partial charge on any atom is 0.0991 e. The van der Waals surface area contributed by atoms with Crippen LogP contribution in [0.5, 0.6) is 0 Å². The van der Waals surface area contributed by atoms with Gasteiger partial charge in [-0.1, -0.05) is 19.1 Å². The van der Waals surface area contributed by atoms with Crippen molar-refractivity contribution in [1.82, 2.24) is 9.55 Å². The lowest BCUT2D eigenvalue weighted by Crippen LogP contribution is -1.89. The molecule has 1 aromatic heterocycles. The van der Waals surface area contributed by atoms with Gasteiger partial charge in [-0.25, -0.2) is 4.98 Å². The molecule has 0 saturated carbocycles. The molecular formula is C11H12N2. The second kappa shape index (κ2) is 3.44. The van der Waals surface area contributed by atoms with Gasteiger partial charge in [-0.05, 0) is 24.1 Å². The van der Waals surface area contributed by atoms with E-state index < -0.39 is 0 Å². The lowest BCUT2D eigenvalue weighted by Gasteiger charge is -2.02. The third-order valence-electron chi connectivity index (χ3n) is 2.15. The normalized spacial score (nSPS) is 10.2. The average Bonchev–Trinajstić information content (AvgIpc) is 2.71. The molecule has 0 amide bonds. The zero-order chi connectivity index (χ0) is 9.10. The van der Waals surface area contributed by atoms with Crippen LogP contribution in [0.1, 0.15) is 12.5 Å². The molecule has 2 rings (SSSR count). The molecule has 13 heavy (non-hydrogen) atoms. The molecule has 0 saturated heterocycles. The van der Waals surface area contributed by atoms with Crippen molar-refractivity contribution in [2.24, 2.45) is 0 Å². The summed E-state index contributed by atoms with van der Waals surface area (Å²) < 4.78 is 2.00. The van der Waals surface area contributed by atoms with E-state index in [0.717, 1.165) is 12.1 Å². The lowest BCUT2D eigenvalue weighted by molar-refractivity contribution is 1.05. The third-order valence-corrected chi connectivity index (χ3v) is 2.15. The molecule has 0 atom stereocenters. The minimum absolute atomic E-state index is 1.09. The summed E-state index contributed by atoms with van der Waals surface area (Å²) >= 11 is 0. The monoisotopic (exact) mass is 172 g/mol. The first-order valence-corrected chi connectivity index (χ1v) is 4.47. The minimum Gasteiger partial charge on any atom is -0.306 e. The largest absolute Gasteiger partial charge is 0.306 e. The Morgan fingerprint density at radius 3 is 2.54 bits per heavy atom. The fourth-order valence-electron chi connectivity index (χ4n) is 1.32. The van der Waals surface area contributed by atoms with E-state index in [2.05, 4.69) is 36.2 Å². The average molecular weight is 172 g/mol. The molecule has 0 bridgehead atoms. The molecule has 2 aromatic rings. The number of aryl methyl sites for hydroxylation is 1. The van der Waals surface area contributed by atoms with E-state index in [1.807, 2.05) is 10.8 Å². The molecule has 1 aromatic carbocycles. The summed E-state index contributed by atoms with van der Waals surface area (Å²) in [7, 11) is 0. The number of hydrogen-bond acceptors (Lipinski definition) is 1. The lowest BCUT2D eigenvalue weighted by atomic mass is 10.1. The number of hydrogen-bond donors (Lipinski definition) is 0. The molecule has 0 spiro atoms. The quantitative estimate of drug-likeness (QED) is 0.680. The zero-order valence-electron chi connectivity index (χ0n) is 7.64. The van der Waals surface area contributed by atoms with E-state index in [4.69, 9.17) is 0 Å². The summed E-state index contributed by atoms with van der Waals surface area (Å²) in [6.07, 6.45) is 6.62. The Kier molecular flexibility index (Phi) is 2.13. The highest BCUT2D eigenvalue weighted by molar-refractivity contribution is 5.34. The third kappa shape index (κ3) is 1.61. The summed E-state index contributed by atoms with van der Waals surface area (Å²) in [6.45, 7) is 2.16. The highest BCUT2D eigenvalue weighted by atomic mass is 15.0. The Hall–Kier alpha value is -1.57. The summed E-state index contributed by atoms with van der Waals surface area (Å²) in [5.74, 6) is 0. The van der Waals surface area contributed by atoms with Crippen molar-refractivity contribution in [2.75, 3.05) is 0 Å². The Balaban J connectivity index is 2.33. The number of benzene rings is 1. The van der Waals surface area contributed by atoms with E-state index in [0.29, 0.717) is 0 Å². The predicted octanol–water partition coefficient (Wildman–Crippen LogP) is 2.43. The molecule has 66 valence electrons. The molecule has 0 aliphatic heterocycles. The number of imidazole rings is 1. The predicted molar refractivity (Wildman–Crippen MR) is 52.9 cm³/mol. The van der Waals surface area contributed by atoms with E-state index in [1.165, 1.54) is 5.56 Å². The molecule has 0 fully saturated rings.